The van der Waals surface area contributed by atoms with E-state index in [9.17, 15) is 4.79 Å². The third-order valence-corrected chi connectivity index (χ3v) is 3.48. The fourth-order valence-electron chi connectivity index (χ4n) is 1.43. The molecule has 1 N–H and O–H groups in total. The summed E-state index contributed by atoms with van der Waals surface area (Å²) in [4.78, 5) is 13.3. The standard InChI is InChI=1S/C14H17Cl2NO2/c1-10(18)8-9-17(2)13(19)7-6-11-4-3-5-12(15)14(11)16/h3-7,10,18H,8-9H2,1-2H3/b7-6+. The van der Waals surface area contributed by atoms with Crippen LogP contribution in [0.25, 0.3) is 6.08 Å². The van der Waals surface area contributed by atoms with Crippen molar-refractivity contribution in [2.45, 2.75) is 19.4 Å². The number of nitrogens with zero attached hydrogens (tertiary/aromatic N) is 1. The Morgan fingerprint density at radius 3 is 2.79 bits per heavy atom. The van der Waals surface area contributed by atoms with Gasteiger partial charge in [-0.3, -0.25) is 4.79 Å². The minimum Gasteiger partial charge on any atom is -0.393 e. The van der Waals surface area contributed by atoms with E-state index in [4.69, 9.17) is 28.3 Å². The highest BCUT2D eigenvalue weighted by Gasteiger charge is 2.07. The molecule has 0 bridgehead atoms. The number of likely N-dealkylation sites (N-methyl/N-ethyl adjacent to an activating group) is 1. The Labute approximate surface area is 123 Å². The number of carbonyl (C=O) groups excluding carboxylic acids is 1. The Hall–Kier alpha value is -1.03. The lowest BCUT2D eigenvalue weighted by atomic mass is 10.2. The predicted molar refractivity (Wildman–Crippen MR) is 79.4 cm³/mol. The SMILES string of the molecule is CC(O)CCN(C)C(=O)/C=C/c1cccc(Cl)c1Cl. The molecule has 0 spiro atoms. The summed E-state index contributed by atoms with van der Waals surface area (Å²) in [6.45, 7) is 2.20. The van der Waals surface area contributed by atoms with Crippen molar-refractivity contribution in [3.63, 3.8) is 0 Å². The quantitative estimate of drug-likeness (QED) is 0.848. The average molecular weight is 302 g/mol. The maximum absolute atomic E-state index is 11.8. The third kappa shape index (κ3) is 5.23. The zero-order valence-corrected chi connectivity index (χ0v) is 12.4. The van der Waals surface area contributed by atoms with Gasteiger partial charge in [-0.1, -0.05) is 35.3 Å². The van der Waals surface area contributed by atoms with Gasteiger partial charge in [-0.2, -0.15) is 0 Å². The van der Waals surface area contributed by atoms with Crippen LogP contribution in [0.15, 0.2) is 24.3 Å². The van der Waals surface area contributed by atoms with E-state index in [1.54, 1.807) is 43.1 Å². The second-order valence-corrected chi connectivity index (χ2v) is 5.16. The minimum absolute atomic E-state index is 0.142. The first kappa shape index (κ1) is 16.0. The van der Waals surface area contributed by atoms with Crippen LogP contribution in [0, 0.1) is 0 Å². The molecule has 0 aromatic heterocycles. The summed E-state index contributed by atoms with van der Waals surface area (Å²) >= 11 is 11.9. The maximum atomic E-state index is 11.8. The molecule has 0 fully saturated rings. The van der Waals surface area contributed by atoms with Crippen molar-refractivity contribution in [2.24, 2.45) is 0 Å². The van der Waals surface area contributed by atoms with Gasteiger partial charge in [-0.25, -0.2) is 0 Å². The van der Waals surface area contributed by atoms with Gasteiger partial charge in [0.05, 0.1) is 16.1 Å². The molecule has 5 heteroatoms. The van der Waals surface area contributed by atoms with E-state index in [2.05, 4.69) is 0 Å². The highest BCUT2D eigenvalue weighted by atomic mass is 35.5. The third-order valence-electron chi connectivity index (χ3n) is 2.65. The molecule has 0 heterocycles. The van der Waals surface area contributed by atoms with Crippen LogP contribution >= 0.6 is 23.2 Å². The normalized spacial score (nSPS) is 12.7. The van der Waals surface area contributed by atoms with E-state index in [1.807, 2.05) is 0 Å². The van der Waals surface area contributed by atoms with Crippen molar-refractivity contribution in [3.8, 4) is 0 Å². The van der Waals surface area contributed by atoms with Gasteiger partial charge in [0, 0.05) is 19.7 Å². The Balaban J connectivity index is 2.65. The molecule has 0 saturated carbocycles. The number of rotatable bonds is 5. The van der Waals surface area contributed by atoms with Crippen LogP contribution in [0.1, 0.15) is 18.9 Å². The van der Waals surface area contributed by atoms with Crippen LogP contribution in [-0.2, 0) is 4.79 Å². The average Bonchev–Trinajstić information content (AvgIpc) is 2.37. The molecule has 104 valence electrons. The van der Waals surface area contributed by atoms with Gasteiger partial charge in [0.1, 0.15) is 0 Å². The zero-order valence-electron chi connectivity index (χ0n) is 10.9. The van der Waals surface area contributed by atoms with E-state index in [0.717, 1.165) is 0 Å². The monoisotopic (exact) mass is 301 g/mol. The molecular weight excluding hydrogens is 285 g/mol. The van der Waals surface area contributed by atoms with Crippen LogP contribution in [-0.4, -0.2) is 35.6 Å². The summed E-state index contributed by atoms with van der Waals surface area (Å²) in [5, 5.41) is 10.1. The Kier molecular flexibility index (Phi) is 6.35. The number of amides is 1. The molecule has 3 nitrogen and oxygen atoms in total. The van der Waals surface area contributed by atoms with E-state index < -0.39 is 6.10 Å². The molecule has 19 heavy (non-hydrogen) atoms. The molecule has 1 rings (SSSR count). The molecule has 1 aromatic carbocycles. The Morgan fingerprint density at radius 1 is 1.47 bits per heavy atom. The van der Waals surface area contributed by atoms with Gasteiger partial charge in [-0.15, -0.1) is 0 Å². The first-order valence-corrected chi connectivity index (χ1v) is 6.72. The molecule has 0 aliphatic heterocycles. The van der Waals surface area contributed by atoms with E-state index >= 15 is 0 Å². The van der Waals surface area contributed by atoms with Crippen molar-refractivity contribution < 1.29 is 9.90 Å². The van der Waals surface area contributed by atoms with Crippen molar-refractivity contribution in [2.75, 3.05) is 13.6 Å². The minimum atomic E-state index is -0.415. The summed E-state index contributed by atoms with van der Waals surface area (Å²) < 4.78 is 0. The predicted octanol–water partition coefficient (Wildman–Crippen LogP) is 3.24. The van der Waals surface area contributed by atoms with Crippen LogP contribution < -0.4 is 0 Å². The molecular formula is C14H17Cl2NO2. The number of aliphatic hydroxyl groups excluding tert-OH is 1. The van der Waals surface area contributed by atoms with Gasteiger partial charge in [0.25, 0.3) is 0 Å². The fraction of sp³-hybridized carbons (Fsp3) is 0.357. The van der Waals surface area contributed by atoms with E-state index in [1.165, 1.54) is 6.08 Å². The molecule has 1 amide bonds. The van der Waals surface area contributed by atoms with Crippen LogP contribution in [0.4, 0.5) is 0 Å². The number of hydrogen-bond acceptors (Lipinski definition) is 2. The van der Waals surface area contributed by atoms with E-state index in [0.29, 0.717) is 28.6 Å². The summed E-state index contributed by atoms with van der Waals surface area (Å²) in [5.74, 6) is -0.142. The van der Waals surface area contributed by atoms with Crippen molar-refractivity contribution in [3.05, 3.63) is 39.9 Å². The first-order valence-electron chi connectivity index (χ1n) is 5.97. The summed E-state index contributed by atoms with van der Waals surface area (Å²) in [7, 11) is 1.69. The van der Waals surface area contributed by atoms with Crippen LogP contribution in [0.3, 0.4) is 0 Å². The van der Waals surface area contributed by atoms with Crippen LogP contribution in [0.5, 0.6) is 0 Å². The summed E-state index contributed by atoms with van der Waals surface area (Å²) in [6, 6.07) is 5.25. The Morgan fingerprint density at radius 2 is 2.16 bits per heavy atom. The second-order valence-electron chi connectivity index (χ2n) is 4.37. The summed E-state index contributed by atoms with van der Waals surface area (Å²) in [5.41, 5.74) is 0.700. The number of hydrogen-bond donors (Lipinski definition) is 1. The topological polar surface area (TPSA) is 40.5 Å². The lowest BCUT2D eigenvalue weighted by molar-refractivity contribution is -0.124. The molecule has 1 unspecified atom stereocenters. The van der Waals surface area contributed by atoms with Crippen molar-refractivity contribution in [1.82, 2.24) is 4.90 Å². The van der Waals surface area contributed by atoms with Gasteiger partial charge < -0.3 is 10.0 Å². The number of carbonyl (C=O) groups is 1. The number of aliphatic hydroxyl groups is 1. The maximum Gasteiger partial charge on any atom is 0.246 e. The molecule has 1 aromatic rings. The van der Waals surface area contributed by atoms with Gasteiger partial charge in [0.2, 0.25) is 5.91 Å². The summed E-state index contributed by atoms with van der Waals surface area (Å²) in [6.07, 6.45) is 3.21. The van der Waals surface area contributed by atoms with Gasteiger partial charge >= 0.3 is 0 Å². The van der Waals surface area contributed by atoms with Crippen LogP contribution in [0.2, 0.25) is 10.0 Å². The molecule has 0 radical (unpaired) electrons. The molecule has 0 saturated heterocycles. The largest absolute Gasteiger partial charge is 0.393 e. The molecule has 0 aliphatic carbocycles. The molecule has 1 atom stereocenters. The first-order chi connectivity index (χ1) is 8.91. The lowest BCUT2D eigenvalue weighted by Crippen LogP contribution is -2.27. The second kappa shape index (κ2) is 7.53. The highest BCUT2D eigenvalue weighted by Crippen LogP contribution is 2.26. The highest BCUT2D eigenvalue weighted by molar-refractivity contribution is 6.42. The van der Waals surface area contributed by atoms with Crippen molar-refractivity contribution in [1.29, 1.82) is 0 Å². The van der Waals surface area contributed by atoms with Gasteiger partial charge in [-0.05, 0) is 31.1 Å². The Bertz CT molecular complexity index is 473. The molecule has 0 aliphatic rings. The smallest absolute Gasteiger partial charge is 0.246 e. The van der Waals surface area contributed by atoms with Gasteiger partial charge in [0.15, 0.2) is 0 Å². The van der Waals surface area contributed by atoms with Crippen molar-refractivity contribution >= 4 is 35.2 Å². The fourth-order valence-corrected chi connectivity index (χ4v) is 1.80. The number of halogens is 2. The number of benzene rings is 1. The van der Waals surface area contributed by atoms with E-state index in [-0.39, 0.29) is 5.91 Å². The lowest BCUT2D eigenvalue weighted by Gasteiger charge is -2.15. The zero-order chi connectivity index (χ0) is 14.4.